The lowest BCUT2D eigenvalue weighted by Crippen LogP contribution is -2.66. The van der Waals surface area contributed by atoms with Crippen LogP contribution in [0.15, 0.2) is 11.6 Å². The normalized spacial score (nSPS) is 47.0. The SMILES string of the molecule is CCC(=O)O[C@H]1C[C@@H](OC(C)=O)/C(C)=C\[C@@H]2OC(=O)[C@]3(C)O[C@@]23[C@@H](OC(C)=O)[C@H]2[C@@]3(C)O[C@H]3C[C@H](OC(C)=O)[C@]12C. The highest BCUT2D eigenvalue weighted by Gasteiger charge is 2.89. The third-order valence-corrected chi connectivity index (χ3v) is 9.75. The summed E-state index contributed by atoms with van der Waals surface area (Å²) in [5, 5.41) is 0. The predicted molar refractivity (Wildman–Crippen MR) is 137 cm³/mol. The van der Waals surface area contributed by atoms with Crippen LogP contribution in [0.3, 0.4) is 0 Å². The van der Waals surface area contributed by atoms with E-state index in [1.807, 2.05) is 6.92 Å². The van der Waals surface area contributed by atoms with Gasteiger partial charge in [0.15, 0.2) is 17.3 Å². The number of carbonyl (C=O) groups is 5. The van der Waals surface area contributed by atoms with Gasteiger partial charge >= 0.3 is 29.8 Å². The average molecular weight is 579 g/mol. The molecule has 0 amide bonds. The van der Waals surface area contributed by atoms with Crippen molar-refractivity contribution in [3.63, 3.8) is 0 Å². The fourth-order valence-electron chi connectivity index (χ4n) is 7.63. The molecule has 1 spiro atoms. The molecule has 1 saturated carbocycles. The Balaban J connectivity index is 1.79. The Hall–Kier alpha value is -2.99. The highest BCUT2D eigenvalue weighted by Crippen LogP contribution is 2.69. The summed E-state index contributed by atoms with van der Waals surface area (Å²) in [7, 11) is 0. The maximum absolute atomic E-state index is 13.2. The molecule has 0 unspecified atom stereocenters. The van der Waals surface area contributed by atoms with Crippen LogP contribution in [0.25, 0.3) is 0 Å². The standard InChI is InChI=1S/C29H38O12/c1-9-22(33)38-18-11-17(35-14(3)30)13(2)10-21-29(28(8,41-29)25(34)39-21)24(37-16(5)32)23-26(18,6)19(36-15(4)31)12-20-27(23,7)40-20/h10,17-21,23-24H,9,11-12H2,1-8H3/b13-10-/t17-,18+,19+,20+,21+,23-,24+,26+,27+,28+,29-/m1/s1. The Kier molecular flexibility index (Phi) is 6.85. The third-order valence-electron chi connectivity index (χ3n) is 9.75. The number of ether oxygens (including phenoxy) is 7. The van der Waals surface area contributed by atoms with Crippen LogP contribution in [0.4, 0.5) is 0 Å². The molecule has 3 aliphatic heterocycles. The van der Waals surface area contributed by atoms with Crippen molar-refractivity contribution >= 4 is 29.8 Å². The van der Waals surface area contributed by atoms with E-state index in [0.717, 1.165) is 0 Å². The van der Waals surface area contributed by atoms with E-state index in [2.05, 4.69) is 0 Å². The van der Waals surface area contributed by atoms with Gasteiger partial charge in [-0.15, -0.1) is 0 Å². The summed E-state index contributed by atoms with van der Waals surface area (Å²) in [5.74, 6) is -3.73. The molecular formula is C29H38O12. The molecule has 11 atom stereocenters. The second-order valence-electron chi connectivity index (χ2n) is 12.3. The van der Waals surface area contributed by atoms with Crippen LogP contribution in [0, 0.1) is 11.3 Å². The minimum absolute atomic E-state index is 0.00223. The molecule has 0 N–H and O–H groups in total. The Labute approximate surface area is 238 Å². The lowest BCUT2D eigenvalue weighted by molar-refractivity contribution is -0.216. The van der Waals surface area contributed by atoms with Gasteiger partial charge in [0.2, 0.25) is 0 Å². The molecule has 2 aliphatic carbocycles. The highest BCUT2D eigenvalue weighted by molar-refractivity contribution is 5.89. The number of esters is 5. The van der Waals surface area contributed by atoms with Gasteiger partial charge in [0.25, 0.3) is 0 Å². The number of fused-ring (bicyclic) bond motifs is 3. The summed E-state index contributed by atoms with van der Waals surface area (Å²) < 4.78 is 42.1. The molecule has 4 fully saturated rings. The van der Waals surface area contributed by atoms with Crippen molar-refractivity contribution in [1.82, 2.24) is 0 Å². The Morgan fingerprint density at radius 3 is 2.10 bits per heavy atom. The third kappa shape index (κ3) is 4.28. The van der Waals surface area contributed by atoms with E-state index in [4.69, 9.17) is 33.2 Å². The van der Waals surface area contributed by atoms with Gasteiger partial charge in [-0.3, -0.25) is 19.2 Å². The van der Waals surface area contributed by atoms with Crippen molar-refractivity contribution in [1.29, 1.82) is 0 Å². The Bertz CT molecular complexity index is 1230. The van der Waals surface area contributed by atoms with Crippen molar-refractivity contribution in [2.75, 3.05) is 0 Å². The summed E-state index contributed by atoms with van der Waals surface area (Å²) in [6.45, 7) is 12.4. The van der Waals surface area contributed by atoms with E-state index in [9.17, 15) is 24.0 Å². The van der Waals surface area contributed by atoms with E-state index in [1.165, 1.54) is 20.8 Å². The van der Waals surface area contributed by atoms with E-state index < -0.39 is 88.5 Å². The molecule has 0 aromatic heterocycles. The zero-order valence-electron chi connectivity index (χ0n) is 24.6. The molecule has 41 heavy (non-hydrogen) atoms. The lowest BCUT2D eigenvalue weighted by Gasteiger charge is -2.54. The minimum Gasteiger partial charge on any atom is -0.462 e. The number of hydrogen-bond acceptors (Lipinski definition) is 12. The molecule has 0 aromatic rings. The molecular weight excluding hydrogens is 540 g/mol. The number of rotatable bonds is 5. The fourth-order valence-corrected chi connectivity index (χ4v) is 7.63. The summed E-state index contributed by atoms with van der Waals surface area (Å²) >= 11 is 0. The van der Waals surface area contributed by atoms with Gasteiger partial charge in [0, 0.05) is 46.0 Å². The monoisotopic (exact) mass is 578 g/mol. The molecule has 12 heteroatoms. The number of hydrogen-bond donors (Lipinski definition) is 0. The van der Waals surface area contributed by atoms with E-state index in [1.54, 1.807) is 33.8 Å². The molecule has 0 aromatic carbocycles. The molecule has 3 saturated heterocycles. The van der Waals surface area contributed by atoms with Crippen LogP contribution < -0.4 is 0 Å². The van der Waals surface area contributed by atoms with Crippen molar-refractivity contribution in [2.24, 2.45) is 11.3 Å². The van der Waals surface area contributed by atoms with Gasteiger partial charge in [0.05, 0.1) is 17.1 Å². The number of carbonyl (C=O) groups excluding carboxylic acids is 5. The molecule has 3 heterocycles. The summed E-state index contributed by atoms with van der Waals surface area (Å²) in [5.41, 5.74) is -4.62. The average Bonchev–Trinajstić information content (AvgIpc) is 3.70. The first-order valence-electron chi connectivity index (χ1n) is 14.0. The Morgan fingerprint density at radius 2 is 1.54 bits per heavy atom. The van der Waals surface area contributed by atoms with Gasteiger partial charge in [-0.25, -0.2) is 4.79 Å². The Morgan fingerprint density at radius 1 is 0.927 bits per heavy atom. The number of epoxide rings is 2. The van der Waals surface area contributed by atoms with Gasteiger partial charge in [-0.1, -0.05) is 13.8 Å². The summed E-state index contributed by atoms with van der Waals surface area (Å²) in [6.07, 6.45) is -3.31. The van der Waals surface area contributed by atoms with Crippen LogP contribution in [0.2, 0.25) is 0 Å². The van der Waals surface area contributed by atoms with Crippen LogP contribution in [0.5, 0.6) is 0 Å². The molecule has 0 bridgehead atoms. The van der Waals surface area contributed by atoms with Crippen molar-refractivity contribution in [2.45, 2.75) is 128 Å². The lowest BCUT2D eigenvalue weighted by atomic mass is 9.53. The second kappa shape index (κ2) is 9.52. The maximum Gasteiger partial charge on any atom is 0.342 e. The van der Waals surface area contributed by atoms with Crippen molar-refractivity contribution in [3.8, 4) is 0 Å². The van der Waals surface area contributed by atoms with Gasteiger partial charge in [-0.05, 0) is 32.4 Å². The molecule has 0 radical (unpaired) electrons. The first-order valence-corrected chi connectivity index (χ1v) is 14.0. The molecule has 226 valence electrons. The fraction of sp³-hybridized carbons (Fsp3) is 0.759. The van der Waals surface area contributed by atoms with Crippen LogP contribution in [-0.4, -0.2) is 83.3 Å². The van der Waals surface area contributed by atoms with E-state index >= 15 is 0 Å². The zero-order chi connectivity index (χ0) is 30.3. The van der Waals surface area contributed by atoms with Crippen LogP contribution >= 0.6 is 0 Å². The minimum atomic E-state index is -1.47. The highest BCUT2D eigenvalue weighted by atomic mass is 16.7. The topological polar surface area (TPSA) is 157 Å². The van der Waals surface area contributed by atoms with Gasteiger partial charge < -0.3 is 33.2 Å². The van der Waals surface area contributed by atoms with E-state index in [-0.39, 0.29) is 25.4 Å². The maximum atomic E-state index is 13.2. The largest absolute Gasteiger partial charge is 0.462 e. The predicted octanol–water partition coefficient (Wildman–Crippen LogP) is 2.09. The van der Waals surface area contributed by atoms with Crippen LogP contribution in [0.1, 0.15) is 74.7 Å². The van der Waals surface area contributed by atoms with Crippen molar-refractivity contribution < 1.29 is 57.1 Å². The van der Waals surface area contributed by atoms with Crippen molar-refractivity contribution in [3.05, 3.63) is 11.6 Å². The molecule has 5 aliphatic rings. The van der Waals surface area contributed by atoms with Gasteiger partial charge in [0.1, 0.15) is 24.4 Å². The first kappa shape index (κ1) is 29.5. The molecule has 5 rings (SSSR count). The van der Waals surface area contributed by atoms with Gasteiger partial charge in [-0.2, -0.15) is 0 Å². The quantitative estimate of drug-likeness (QED) is 0.203. The van der Waals surface area contributed by atoms with E-state index in [0.29, 0.717) is 5.57 Å². The summed E-state index contributed by atoms with van der Waals surface area (Å²) in [4.78, 5) is 63.5. The second-order valence-corrected chi connectivity index (χ2v) is 12.3. The zero-order valence-corrected chi connectivity index (χ0v) is 24.6. The smallest absolute Gasteiger partial charge is 0.342 e. The van der Waals surface area contributed by atoms with Crippen LogP contribution in [-0.2, 0) is 57.1 Å². The summed E-state index contributed by atoms with van der Waals surface area (Å²) in [6, 6.07) is 0. The molecule has 12 nitrogen and oxygen atoms in total. The first-order chi connectivity index (χ1) is 19.0.